The van der Waals surface area contributed by atoms with E-state index in [9.17, 15) is 9.59 Å². The maximum absolute atomic E-state index is 13.3. The number of hydrogen-bond acceptors (Lipinski definition) is 5. The first-order chi connectivity index (χ1) is 16.1. The van der Waals surface area contributed by atoms with Crippen LogP contribution in [0.2, 0.25) is 0 Å². The van der Waals surface area contributed by atoms with E-state index >= 15 is 0 Å². The molecule has 1 aliphatic heterocycles. The van der Waals surface area contributed by atoms with Crippen LogP contribution in [0.25, 0.3) is 10.4 Å². The Morgan fingerprint density at radius 3 is 2.41 bits per heavy atom. The number of thiophene rings is 1. The third-order valence-electron chi connectivity index (χ3n) is 7.58. The van der Waals surface area contributed by atoms with Gasteiger partial charge in [0.15, 0.2) is 0 Å². The number of ether oxygens (including phenoxy) is 2. The van der Waals surface area contributed by atoms with Crippen molar-refractivity contribution < 1.29 is 19.1 Å². The van der Waals surface area contributed by atoms with Crippen molar-refractivity contribution in [2.75, 3.05) is 26.8 Å². The minimum Gasteiger partial charge on any atom is -0.496 e. The number of hydrogen-bond donors (Lipinski definition) is 0. The van der Waals surface area contributed by atoms with Crippen molar-refractivity contribution in [1.82, 2.24) is 4.90 Å². The zero-order chi connectivity index (χ0) is 24.7. The van der Waals surface area contributed by atoms with Crippen LogP contribution >= 0.6 is 11.3 Å². The Morgan fingerprint density at radius 2 is 1.76 bits per heavy atom. The van der Waals surface area contributed by atoms with Crippen molar-refractivity contribution in [2.24, 2.45) is 5.92 Å². The van der Waals surface area contributed by atoms with E-state index in [4.69, 9.17) is 9.47 Å². The number of nitrogens with zero attached hydrogens (tertiary/aromatic N) is 1. The highest BCUT2D eigenvalue weighted by molar-refractivity contribution is 7.17. The van der Waals surface area contributed by atoms with Crippen LogP contribution in [-0.2, 0) is 20.4 Å². The van der Waals surface area contributed by atoms with Gasteiger partial charge in [-0.05, 0) is 78.8 Å². The molecule has 1 aromatic heterocycles. The Labute approximate surface area is 207 Å². The number of carbonyl (C=O) groups excluding carboxylic acids is 2. The average molecular weight is 484 g/mol. The Hall–Kier alpha value is -2.34. The second-order valence-corrected chi connectivity index (χ2v) is 12.0. The van der Waals surface area contributed by atoms with Crippen LogP contribution in [0.4, 0.5) is 0 Å². The molecule has 2 aromatic rings. The third-order valence-corrected chi connectivity index (χ3v) is 8.69. The quantitative estimate of drug-likeness (QED) is 0.476. The predicted octanol–water partition coefficient (Wildman–Crippen LogP) is 6.19. The van der Waals surface area contributed by atoms with Gasteiger partial charge < -0.3 is 14.4 Å². The zero-order valence-electron chi connectivity index (χ0n) is 21.3. The number of likely N-dealkylation sites (tertiary alicyclic amines) is 1. The number of carbonyl (C=O) groups is 2. The topological polar surface area (TPSA) is 55.8 Å². The molecule has 2 heterocycles. The fourth-order valence-corrected chi connectivity index (χ4v) is 6.32. The molecule has 0 radical (unpaired) electrons. The maximum Gasteiger partial charge on any atom is 0.310 e. The Morgan fingerprint density at radius 1 is 1.09 bits per heavy atom. The summed E-state index contributed by atoms with van der Waals surface area (Å²) in [5.74, 6) is 0.411. The molecule has 1 aromatic carbocycles. The molecular formula is C28H37NO4S. The largest absolute Gasteiger partial charge is 0.496 e. The van der Waals surface area contributed by atoms with Crippen LogP contribution in [0.5, 0.6) is 5.75 Å². The van der Waals surface area contributed by atoms with E-state index < -0.39 is 0 Å². The van der Waals surface area contributed by atoms with Crippen LogP contribution < -0.4 is 4.74 Å². The van der Waals surface area contributed by atoms with Gasteiger partial charge in [0.2, 0.25) is 0 Å². The summed E-state index contributed by atoms with van der Waals surface area (Å²) < 4.78 is 11.0. The molecule has 1 atom stereocenters. The maximum atomic E-state index is 13.3. The highest BCUT2D eigenvalue weighted by atomic mass is 32.1. The molecule has 4 rings (SSSR count). The summed E-state index contributed by atoms with van der Waals surface area (Å²) in [7, 11) is 1.72. The molecule has 0 N–H and O–H groups in total. The van der Waals surface area contributed by atoms with Gasteiger partial charge in [0, 0.05) is 23.5 Å². The van der Waals surface area contributed by atoms with E-state index in [1.54, 1.807) is 12.0 Å². The molecule has 6 heteroatoms. The van der Waals surface area contributed by atoms with Gasteiger partial charge in [-0.2, -0.15) is 0 Å². The minimum atomic E-state index is -0.233. The second-order valence-electron chi connectivity index (χ2n) is 10.9. The Kier molecular flexibility index (Phi) is 6.83. The average Bonchev–Trinajstić information content (AvgIpc) is 3.31. The summed E-state index contributed by atoms with van der Waals surface area (Å²) in [5.41, 5.74) is 3.97. The lowest BCUT2D eigenvalue weighted by Crippen LogP contribution is -2.42. The lowest BCUT2D eigenvalue weighted by Gasteiger charge is -2.42. The molecule has 2 aliphatic rings. The van der Waals surface area contributed by atoms with E-state index in [1.807, 2.05) is 19.1 Å². The second kappa shape index (κ2) is 9.37. The molecule has 0 saturated carbocycles. The van der Waals surface area contributed by atoms with Crippen molar-refractivity contribution in [3.8, 4) is 16.2 Å². The molecule has 34 heavy (non-hydrogen) atoms. The van der Waals surface area contributed by atoms with Gasteiger partial charge in [-0.3, -0.25) is 9.59 Å². The number of methoxy groups -OCH3 is 1. The highest BCUT2D eigenvalue weighted by Gasteiger charge is 2.38. The predicted molar refractivity (Wildman–Crippen MR) is 137 cm³/mol. The number of rotatable bonds is 5. The summed E-state index contributed by atoms with van der Waals surface area (Å²) in [5, 5.41) is 0. The van der Waals surface area contributed by atoms with Gasteiger partial charge >= 0.3 is 5.97 Å². The monoisotopic (exact) mass is 483 g/mol. The fourth-order valence-electron chi connectivity index (χ4n) is 5.32. The molecule has 0 spiro atoms. The van der Waals surface area contributed by atoms with Gasteiger partial charge in [-0.1, -0.05) is 27.7 Å². The summed E-state index contributed by atoms with van der Waals surface area (Å²) >= 11 is 1.50. The van der Waals surface area contributed by atoms with Gasteiger partial charge in [0.1, 0.15) is 5.75 Å². The summed E-state index contributed by atoms with van der Waals surface area (Å²) in [4.78, 5) is 29.0. The van der Waals surface area contributed by atoms with Crippen molar-refractivity contribution in [3.05, 3.63) is 40.3 Å². The number of amides is 1. The van der Waals surface area contributed by atoms with Crippen LogP contribution in [0.15, 0.2) is 24.3 Å². The summed E-state index contributed by atoms with van der Waals surface area (Å²) in [6, 6.07) is 8.42. The molecule has 1 amide bonds. The van der Waals surface area contributed by atoms with Crippen molar-refractivity contribution >= 4 is 23.2 Å². The van der Waals surface area contributed by atoms with Gasteiger partial charge in [0.05, 0.1) is 24.5 Å². The van der Waals surface area contributed by atoms with Crippen molar-refractivity contribution in [2.45, 2.75) is 71.1 Å². The highest BCUT2D eigenvalue weighted by Crippen LogP contribution is 2.49. The number of fused-ring (bicyclic) bond motifs is 1. The van der Waals surface area contributed by atoms with E-state index in [1.165, 1.54) is 22.5 Å². The van der Waals surface area contributed by atoms with Gasteiger partial charge in [-0.15, -0.1) is 11.3 Å². The smallest absolute Gasteiger partial charge is 0.310 e. The van der Waals surface area contributed by atoms with E-state index in [-0.39, 0.29) is 28.6 Å². The van der Waals surface area contributed by atoms with Crippen LogP contribution in [-0.4, -0.2) is 43.6 Å². The molecule has 1 saturated heterocycles. The lowest BCUT2D eigenvalue weighted by atomic mass is 9.63. The lowest BCUT2D eigenvalue weighted by molar-refractivity contribution is -0.149. The SMILES string of the molecule is CCOC(=O)C1CCCN(C(=O)c2ccc(-c3cc4c(cc3OC)C(C)(C)CCC4(C)C)s2)C1. The molecule has 1 unspecified atom stereocenters. The number of piperidine rings is 1. The normalized spacial score (nSPS) is 21.0. The molecule has 184 valence electrons. The van der Waals surface area contributed by atoms with Gasteiger partial charge in [0.25, 0.3) is 5.91 Å². The van der Waals surface area contributed by atoms with Crippen molar-refractivity contribution in [3.63, 3.8) is 0 Å². The summed E-state index contributed by atoms with van der Waals surface area (Å²) in [6.45, 7) is 12.5. The molecule has 5 nitrogen and oxygen atoms in total. The fraction of sp³-hybridized carbons (Fsp3) is 0.571. The first kappa shape index (κ1) is 24.8. The molecule has 1 aliphatic carbocycles. The summed E-state index contributed by atoms with van der Waals surface area (Å²) in [6.07, 6.45) is 3.88. The van der Waals surface area contributed by atoms with Gasteiger partial charge in [-0.25, -0.2) is 0 Å². The number of benzene rings is 1. The van der Waals surface area contributed by atoms with E-state index in [0.717, 1.165) is 41.9 Å². The van der Waals surface area contributed by atoms with Crippen LogP contribution in [0, 0.1) is 5.92 Å². The van der Waals surface area contributed by atoms with Crippen LogP contribution in [0.1, 0.15) is 81.1 Å². The first-order valence-electron chi connectivity index (χ1n) is 12.4. The molecule has 1 fully saturated rings. The standard InChI is InChI=1S/C28H37NO4S/c1-7-33-26(31)18-9-8-14-29(17-18)25(30)24-11-10-23(34-24)19-15-20-21(16-22(19)32-6)28(4,5)13-12-27(20,2)3/h10-11,15-16,18H,7-9,12-14,17H2,1-6H3. The molecular weight excluding hydrogens is 446 g/mol. The van der Waals surface area contributed by atoms with Crippen molar-refractivity contribution in [1.29, 1.82) is 0 Å². The third kappa shape index (κ3) is 4.61. The van der Waals surface area contributed by atoms with Crippen LogP contribution in [0.3, 0.4) is 0 Å². The zero-order valence-corrected chi connectivity index (χ0v) is 22.1. The Balaban J connectivity index is 1.63. The molecule has 0 bridgehead atoms. The first-order valence-corrected chi connectivity index (χ1v) is 13.2. The van der Waals surface area contributed by atoms with E-state index in [2.05, 4.69) is 39.8 Å². The number of esters is 1. The van der Waals surface area contributed by atoms with E-state index in [0.29, 0.717) is 24.6 Å². The Bertz CT molecular complexity index is 1080. The minimum absolute atomic E-state index is 0.0105.